The summed E-state index contributed by atoms with van der Waals surface area (Å²) in [6.45, 7) is 0. The first kappa shape index (κ1) is 13.3. The molecular weight excluding hydrogens is 411 g/mol. The van der Waals surface area contributed by atoms with Gasteiger partial charge in [-0.1, -0.05) is 18.2 Å². The highest BCUT2D eigenvalue weighted by Gasteiger charge is 2.08. The second-order valence-electron chi connectivity index (χ2n) is 3.32. The summed E-state index contributed by atoms with van der Waals surface area (Å²) in [6.07, 6.45) is 1.59. The molecule has 0 aliphatic heterocycles. The zero-order valence-corrected chi connectivity index (χ0v) is 12.8. The summed E-state index contributed by atoms with van der Waals surface area (Å²) in [5.74, 6) is -0.176. The molecule has 1 aromatic carbocycles. The number of furan rings is 1. The highest BCUT2D eigenvalue weighted by atomic mass is 127. The summed E-state index contributed by atoms with van der Waals surface area (Å²) in [5.41, 5.74) is 3.34. The SMILES string of the molecule is O=C(NN=Cc1ccccc1I)c1ccc(Br)o1. The van der Waals surface area contributed by atoms with Crippen molar-refractivity contribution in [2.24, 2.45) is 5.10 Å². The van der Waals surface area contributed by atoms with E-state index in [1.165, 1.54) is 0 Å². The third kappa shape index (κ3) is 3.42. The molecule has 1 heterocycles. The fourth-order valence-corrected chi connectivity index (χ4v) is 2.06. The Balaban J connectivity index is 2.00. The smallest absolute Gasteiger partial charge is 0.307 e. The Kier molecular flexibility index (Phi) is 4.54. The third-order valence-corrected chi connectivity index (χ3v) is 3.48. The number of rotatable bonds is 3. The van der Waals surface area contributed by atoms with E-state index in [9.17, 15) is 4.79 Å². The Morgan fingerprint density at radius 3 is 2.78 bits per heavy atom. The highest BCUT2D eigenvalue weighted by molar-refractivity contribution is 14.1. The van der Waals surface area contributed by atoms with Crippen molar-refractivity contribution in [3.63, 3.8) is 0 Å². The zero-order valence-electron chi connectivity index (χ0n) is 9.06. The van der Waals surface area contributed by atoms with Crippen molar-refractivity contribution >= 4 is 50.6 Å². The van der Waals surface area contributed by atoms with Crippen LogP contribution in [0.15, 0.2) is 50.6 Å². The molecule has 0 unspecified atom stereocenters. The molecule has 1 N–H and O–H groups in total. The molecule has 92 valence electrons. The number of halogens is 2. The van der Waals surface area contributed by atoms with Gasteiger partial charge in [0.15, 0.2) is 10.4 Å². The highest BCUT2D eigenvalue weighted by Crippen LogP contribution is 2.13. The second-order valence-corrected chi connectivity index (χ2v) is 5.27. The summed E-state index contributed by atoms with van der Waals surface area (Å²) in [5, 5.41) is 3.88. The number of nitrogens with one attached hydrogen (secondary N) is 1. The van der Waals surface area contributed by atoms with E-state index in [1.807, 2.05) is 24.3 Å². The number of amides is 1. The molecule has 0 fully saturated rings. The summed E-state index contributed by atoms with van der Waals surface area (Å²) < 4.78 is 6.67. The average molecular weight is 419 g/mol. The first-order valence-corrected chi connectivity index (χ1v) is 6.87. The first-order chi connectivity index (χ1) is 8.66. The molecule has 0 aliphatic carbocycles. The van der Waals surface area contributed by atoms with E-state index >= 15 is 0 Å². The molecule has 1 amide bonds. The van der Waals surface area contributed by atoms with Gasteiger partial charge in [0.25, 0.3) is 0 Å². The predicted octanol–water partition coefficient (Wildman–Crippen LogP) is 3.41. The minimum absolute atomic E-state index is 0.210. The first-order valence-electron chi connectivity index (χ1n) is 5.00. The lowest BCUT2D eigenvalue weighted by atomic mass is 10.2. The summed E-state index contributed by atoms with van der Waals surface area (Å²) in [4.78, 5) is 11.6. The Hall–Kier alpha value is -1.15. The van der Waals surface area contributed by atoms with Crippen LogP contribution in [0.25, 0.3) is 0 Å². The quantitative estimate of drug-likeness (QED) is 0.471. The molecule has 0 aliphatic rings. The van der Waals surface area contributed by atoms with Gasteiger partial charge in [0.2, 0.25) is 0 Å². The topological polar surface area (TPSA) is 54.6 Å². The van der Waals surface area contributed by atoms with E-state index in [1.54, 1.807) is 18.3 Å². The molecule has 2 aromatic rings. The van der Waals surface area contributed by atoms with Crippen LogP contribution < -0.4 is 5.43 Å². The maximum absolute atomic E-state index is 11.6. The molecule has 0 bridgehead atoms. The predicted molar refractivity (Wildman–Crippen MR) is 80.6 cm³/mol. The molecule has 1 aromatic heterocycles. The van der Waals surface area contributed by atoms with E-state index in [0.29, 0.717) is 4.67 Å². The summed E-state index contributed by atoms with van der Waals surface area (Å²) in [7, 11) is 0. The van der Waals surface area contributed by atoms with Crippen LogP contribution in [0.3, 0.4) is 0 Å². The van der Waals surface area contributed by atoms with E-state index in [4.69, 9.17) is 4.42 Å². The van der Waals surface area contributed by atoms with Gasteiger partial charge in [-0.25, -0.2) is 5.43 Å². The van der Waals surface area contributed by atoms with Gasteiger partial charge < -0.3 is 4.42 Å². The number of benzene rings is 1. The summed E-state index contributed by atoms with van der Waals surface area (Å²) >= 11 is 5.33. The molecule has 0 saturated heterocycles. The molecule has 18 heavy (non-hydrogen) atoms. The number of hydrogen-bond acceptors (Lipinski definition) is 3. The van der Waals surface area contributed by atoms with Crippen LogP contribution in [0, 0.1) is 3.57 Å². The van der Waals surface area contributed by atoms with Gasteiger partial charge in [-0.15, -0.1) is 0 Å². The molecular formula is C12H8BrIN2O2. The van der Waals surface area contributed by atoms with Crippen LogP contribution in [0.5, 0.6) is 0 Å². The zero-order chi connectivity index (χ0) is 13.0. The van der Waals surface area contributed by atoms with Crippen LogP contribution in [0.2, 0.25) is 0 Å². The van der Waals surface area contributed by atoms with Gasteiger partial charge in [-0.05, 0) is 56.7 Å². The molecule has 2 rings (SSSR count). The largest absolute Gasteiger partial charge is 0.444 e. The Bertz CT molecular complexity index is 595. The van der Waals surface area contributed by atoms with E-state index < -0.39 is 0 Å². The molecule has 0 saturated carbocycles. The van der Waals surface area contributed by atoms with Crippen molar-refractivity contribution in [2.45, 2.75) is 0 Å². The van der Waals surface area contributed by atoms with Gasteiger partial charge in [0.1, 0.15) is 0 Å². The van der Waals surface area contributed by atoms with E-state index in [0.717, 1.165) is 9.13 Å². The van der Waals surface area contributed by atoms with Crippen LogP contribution in [0.4, 0.5) is 0 Å². The number of carbonyl (C=O) groups excluding carboxylic acids is 1. The van der Waals surface area contributed by atoms with Crippen molar-refractivity contribution in [2.75, 3.05) is 0 Å². The van der Waals surface area contributed by atoms with Crippen molar-refractivity contribution in [1.29, 1.82) is 0 Å². The van der Waals surface area contributed by atoms with Crippen LogP contribution in [-0.4, -0.2) is 12.1 Å². The van der Waals surface area contributed by atoms with Gasteiger partial charge >= 0.3 is 5.91 Å². The lowest BCUT2D eigenvalue weighted by Gasteiger charge is -1.97. The van der Waals surface area contributed by atoms with Gasteiger partial charge in [0, 0.05) is 9.13 Å². The van der Waals surface area contributed by atoms with Crippen molar-refractivity contribution < 1.29 is 9.21 Å². The van der Waals surface area contributed by atoms with E-state index in [2.05, 4.69) is 49.0 Å². The van der Waals surface area contributed by atoms with Crippen molar-refractivity contribution in [3.05, 3.63) is 56.0 Å². The Labute approximate surface area is 126 Å². The Morgan fingerprint density at radius 1 is 1.33 bits per heavy atom. The van der Waals surface area contributed by atoms with Crippen molar-refractivity contribution in [1.82, 2.24) is 5.43 Å². The normalized spacial score (nSPS) is 10.8. The standard InChI is InChI=1S/C12H8BrIN2O2/c13-11-6-5-10(18-11)12(17)16-15-7-8-3-1-2-4-9(8)14/h1-7H,(H,16,17). The minimum atomic E-state index is -0.386. The summed E-state index contributed by atoms with van der Waals surface area (Å²) in [6, 6.07) is 11.0. The number of nitrogens with zero attached hydrogens (tertiary/aromatic N) is 1. The van der Waals surface area contributed by atoms with Crippen LogP contribution in [-0.2, 0) is 0 Å². The monoisotopic (exact) mass is 418 g/mol. The lowest BCUT2D eigenvalue weighted by Crippen LogP contribution is -2.16. The maximum Gasteiger partial charge on any atom is 0.307 e. The van der Waals surface area contributed by atoms with Gasteiger partial charge in [-0.2, -0.15) is 5.10 Å². The fraction of sp³-hybridized carbons (Fsp3) is 0. The minimum Gasteiger partial charge on any atom is -0.444 e. The molecule has 0 spiro atoms. The van der Waals surface area contributed by atoms with Crippen molar-refractivity contribution in [3.8, 4) is 0 Å². The second kappa shape index (κ2) is 6.14. The molecule has 0 radical (unpaired) electrons. The van der Waals surface area contributed by atoms with E-state index in [-0.39, 0.29) is 11.7 Å². The van der Waals surface area contributed by atoms with Gasteiger partial charge in [-0.3, -0.25) is 4.79 Å². The fourth-order valence-electron chi connectivity index (χ4n) is 1.23. The number of carbonyl (C=O) groups is 1. The molecule has 6 heteroatoms. The molecule has 4 nitrogen and oxygen atoms in total. The van der Waals surface area contributed by atoms with Gasteiger partial charge in [0.05, 0.1) is 6.21 Å². The average Bonchev–Trinajstić information content (AvgIpc) is 2.78. The Morgan fingerprint density at radius 2 is 2.11 bits per heavy atom. The number of hydrazone groups is 1. The van der Waals surface area contributed by atoms with Crippen LogP contribution in [0.1, 0.15) is 16.1 Å². The third-order valence-electron chi connectivity index (χ3n) is 2.07. The lowest BCUT2D eigenvalue weighted by molar-refractivity contribution is 0.0926. The number of hydrogen-bond donors (Lipinski definition) is 1. The van der Waals surface area contributed by atoms with Crippen LogP contribution >= 0.6 is 38.5 Å². The maximum atomic E-state index is 11.6. The molecule has 0 atom stereocenters.